The average molecular weight is 348 g/mol. The van der Waals surface area contributed by atoms with Gasteiger partial charge >= 0.3 is 0 Å². The van der Waals surface area contributed by atoms with Gasteiger partial charge in [-0.05, 0) is 57.4 Å². The first-order valence-electron chi connectivity index (χ1n) is 9.01. The van der Waals surface area contributed by atoms with Crippen molar-refractivity contribution in [2.24, 2.45) is 5.41 Å². The first kappa shape index (κ1) is 18.1. The Bertz CT molecular complexity index is 688. The van der Waals surface area contributed by atoms with Crippen molar-refractivity contribution in [3.63, 3.8) is 0 Å². The maximum Gasteiger partial charge on any atom is 0.230 e. The molecule has 3 rings (SSSR count). The number of amides is 1. The molecule has 2 saturated heterocycles. The van der Waals surface area contributed by atoms with Crippen molar-refractivity contribution in [1.29, 1.82) is 0 Å². The van der Waals surface area contributed by atoms with Crippen molar-refractivity contribution >= 4 is 5.91 Å². The van der Waals surface area contributed by atoms with Gasteiger partial charge < -0.3 is 4.90 Å². The van der Waals surface area contributed by atoms with Crippen LogP contribution in [0.5, 0.6) is 0 Å². The van der Waals surface area contributed by atoms with Gasteiger partial charge in [0.1, 0.15) is 0 Å². The smallest absolute Gasteiger partial charge is 0.230 e. The molecule has 25 heavy (non-hydrogen) atoms. The molecule has 1 aromatic rings. The number of rotatable bonds is 4. The van der Waals surface area contributed by atoms with Gasteiger partial charge in [0.25, 0.3) is 0 Å². The maximum atomic E-state index is 13.4. The summed E-state index contributed by atoms with van der Waals surface area (Å²) in [7, 11) is 0. The summed E-state index contributed by atoms with van der Waals surface area (Å²) in [4.78, 5) is 17.3. The molecule has 0 aliphatic carbocycles. The van der Waals surface area contributed by atoms with Crippen LogP contribution in [0.2, 0.25) is 0 Å². The van der Waals surface area contributed by atoms with E-state index in [2.05, 4.69) is 17.9 Å². The predicted molar refractivity (Wildman–Crippen MR) is 93.9 cm³/mol. The van der Waals surface area contributed by atoms with Crippen LogP contribution in [0, 0.1) is 17.0 Å². The minimum Gasteiger partial charge on any atom is -0.338 e. The van der Waals surface area contributed by atoms with E-state index in [-0.39, 0.29) is 11.3 Å². The van der Waals surface area contributed by atoms with E-state index in [1.54, 1.807) is 6.07 Å². The van der Waals surface area contributed by atoms with Crippen LogP contribution in [0.4, 0.5) is 8.78 Å². The van der Waals surface area contributed by atoms with Crippen LogP contribution in [0.15, 0.2) is 29.8 Å². The van der Waals surface area contributed by atoms with Gasteiger partial charge in [0, 0.05) is 26.2 Å². The lowest BCUT2D eigenvalue weighted by Crippen LogP contribution is -2.49. The van der Waals surface area contributed by atoms with Crippen LogP contribution in [-0.4, -0.2) is 41.9 Å². The Morgan fingerprint density at radius 2 is 2.04 bits per heavy atom. The molecule has 2 heterocycles. The second-order valence-electron chi connectivity index (χ2n) is 7.45. The summed E-state index contributed by atoms with van der Waals surface area (Å²) in [6.07, 6.45) is 4.89. The minimum atomic E-state index is -0.856. The predicted octanol–water partition coefficient (Wildman–Crippen LogP) is 3.75. The number of benzene rings is 1. The third kappa shape index (κ3) is 3.76. The highest BCUT2D eigenvalue weighted by atomic mass is 19.2. The molecule has 1 amide bonds. The van der Waals surface area contributed by atoms with Gasteiger partial charge in [-0.2, -0.15) is 0 Å². The van der Waals surface area contributed by atoms with E-state index in [0.717, 1.165) is 45.0 Å². The molecule has 0 N–H and O–H groups in total. The van der Waals surface area contributed by atoms with Crippen molar-refractivity contribution in [1.82, 2.24) is 9.80 Å². The normalized spacial score (nSPS) is 25.2. The third-order valence-corrected chi connectivity index (χ3v) is 5.58. The second kappa shape index (κ2) is 7.24. The molecular formula is C20H26F2N2O. The molecule has 0 bridgehead atoms. The van der Waals surface area contributed by atoms with Gasteiger partial charge in [0.05, 0.1) is 5.41 Å². The number of carbonyl (C=O) groups is 1. The highest BCUT2D eigenvalue weighted by molar-refractivity contribution is 5.84. The summed E-state index contributed by atoms with van der Waals surface area (Å²) in [5.74, 6) is -1.54. The summed E-state index contributed by atoms with van der Waals surface area (Å²) < 4.78 is 26.5. The zero-order valence-electron chi connectivity index (χ0n) is 15.0. The van der Waals surface area contributed by atoms with Crippen molar-refractivity contribution in [2.75, 3.05) is 26.2 Å². The van der Waals surface area contributed by atoms with Gasteiger partial charge in [-0.15, -0.1) is 0 Å². The fraction of sp³-hybridized carbons (Fsp3) is 0.550. The lowest BCUT2D eigenvalue weighted by atomic mass is 9.78. The number of halogens is 2. The lowest BCUT2D eigenvalue weighted by Gasteiger charge is -2.39. The first-order chi connectivity index (χ1) is 11.9. The lowest BCUT2D eigenvalue weighted by molar-refractivity contribution is -0.146. The van der Waals surface area contributed by atoms with Crippen LogP contribution in [0.1, 0.15) is 38.7 Å². The minimum absolute atomic E-state index is 0.170. The Balaban J connectivity index is 1.70. The molecule has 2 aliphatic rings. The fourth-order valence-electron chi connectivity index (χ4n) is 4.08. The van der Waals surface area contributed by atoms with Crippen LogP contribution < -0.4 is 0 Å². The molecule has 0 aromatic heterocycles. The van der Waals surface area contributed by atoms with E-state index in [1.165, 1.54) is 11.6 Å². The number of carbonyl (C=O) groups excluding carboxylic acids is 1. The standard InChI is InChI=1S/C20H26F2N2O/c1-3-15(2)12-23-10-8-20(14-23)7-4-9-24(19(20)25)13-16-5-6-17(21)18(22)11-16/h3,5-6,11H,4,7-10,12-14H2,1-2H3. The Hall–Kier alpha value is -1.75. The van der Waals surface area contributed by atoms with E-state index >= 15 is 0 Å². The Morgan fingerprint density at radius 1 is 1.24 bits per heavy atom. The number of allylic oxidation sites excluding steroid dienone is 1. The van der Waals surface area contributed by atoms with Crippen molar-refractivity contribution in [2.45, 2.75) is 39.7 Å². The van der Waals surface area contributed by atoms with Gasteiger partial charge in [0.2, 0.25) is 5.91 Å². The van der Waals surface area contributed by atoms with Gasteiger partial charge in [-0.25, -0.2) is 8.78 Å². The van der Waals surface area contributed by atoms with Gasteiger partial charge in [-0.3, -0.25) is 9.69 Å². The van der Waals surface area contributed by atoms with E-state index < -0.39 is 11.6 Å². The maximum absolute atomic E-state index is 13.4. The van der Waals surface area contributed by atoms with Gasteiger partial charge in [-0.1, -0.05) is 17.7 Å². The Kier molecular flexibility index (Phi) is 5.23. The number of nitrogens with zero attached hydrogens (tertiary/aromatic N) is 2. The molecule has 1 spiro atoms. The van der Waals surface area contributed by atoms with Crippen molar-refractivity contribution in [3.8, 4) is 0 Å². The molecular weight excluding hydrogens is 322 g/mol. The molecule has 5 heteroatoms. The van der Waals surface area contributed by atoms with Crippen LogP contribution in [0.25, 0.3) is 0 Å². The fourth-order valence-corrected chi connectivity index (χ4v) is 4.08. The Morgan fingerprint density at radius 3 is 2.76 bits per heavy atom. The number of hydrogen-bond acceptors (Lipinski definition) is 2. The molecule has 1 aromatic carbocycles. The zero-order chi connectivity index (χ0) is 18.0. The molecule has 136 valence electrons. The monoisotopic (exact) mass is 348 g/mol. The average Bonchev–Trinajstić information content (AvgIpc) is 2.99. The highest BCUT2D eigenvalue weighted by Crippen LogP contribution is 2.40. The summed E-state index contributed by atoms with van der Waals surface area (Å²) in [6.45, 7) is 7.84. The number of likely N-dealkylation sites (tertiary alicyclic amines) is 2. The van der Waals surface area contributed by atoms with E-state index in [0.29, 0.717) is 18.7 Å². The second-order valence-corrected chi connectivity index (χ2v) is 7.45. The molecule has 0 radical (unpaired) electrons. The molecule has 2 fully saturated rings. The molecule has 1 atom stereocenters. The number of hydrogen-bond donors (Lipinski definition) is 0. The molecule has 0 saturated carbocycles. The van der Waals surface area contributed by atoms with Crippen LogP contribution >= 0.6 is 0 Å². The number of piperidine rings is 1. The zero-order valence-corrected chi connectivity index (χ0v) is 15.0. The Labute approximate surface area is 148 Å². The summed E-state index contributed by atoms with van der Waals surface area (Å²) >= 11 is 0. The highest BCUT2D eigenvalue weighted by Gasteiger charge is 2.48. The van der Waals surface area contributed by atoms with E-state index in [9.17, 15) is 13.6 Å². The van der Waals surface area contributed by atoms with E-state index in [4.69, 9.17) is 0 Å². The van der Waals surface area contributed by atoms with Crippen molar-refractivity contribution < 1.29 is 13.6 Å². The largest absolute Gasteiger partial charge is 0.338 e. The third-order valence-electron chi connectivity index (χ3n) is 5.58. The molecule has 2 aliphatic heterocycles. The first-order valence-corrected chi connectivity index (χ1v) is 9.01. The quantitative estimate of drug-likeness (QED) is 0.774. The van der Waals surface area contributed by atoms with Crippen LogP contribution in [-0.2, 0) is 11.3 Å². The van der Waals surface area contributed by atoms with E-state index in [1.807, 2.05) is 11.8 Å². The van der Waals surface area contributed by atoms with Gasteiger partial charge in [0.15, 0.2) is 11.6 Å². The van der Waals surface area contributed by atoms with Crippen molar-refractivity contribution in [3.05, 3.63) is 47.0 Å². The topological polar surface area (TPSA) is 23.6 Å². The van der Waals surface area contributed by atoms with Crippen LogP contribution in [0.3, 0.4) is 0 Å². The molecule has 1 unspecified atom stereocenters. The summed E-state index contributed by atoms with van der Waals surface area (Å²) in [6, 6.07) is 3.88. The summed E-state index contributed by atoms with van der Waals surface area (Å²) in [5, 5.41) is 0. The SMILES string of the molecule is CC=C(C)CN1CCC2(CCCN(Cc3ccc(F)c(F)c3)C2=O)C1. The summed E-state index contributed by atoms with van der Waals surface area (Å²) in [5.41, 5.74) is 1.66. The molecule has 3 nitrogen and oxygen atoms in total.